The smallest absolute Gasteiger partial charge is 0.143 e. The average molecular weight is 348 g/mol. The predicted molar refractivity (Wildman–Crippen MR) is 89.7 cm³/mol. The van der Waals surface area contributed by atoms with Crippen LogP contribution in [0.4, 0.5) is 17.3 Å². The molecular formula is C15H18BrN5. The fraction of sp³-hybridized carbons (Fsp3) is 0.333. The maximum Gasteiger partial charge on any atom is 0.143 e. The number of aryl methyl sites for hydroxylation is 1. The number of halogens is 1. The van der Waals surface area contributed by atoms with Crippen LogP contribution in [0.2, 0.25) is 0 Å². The van der Waals surface area contributed by atoms with Crippen LogP contribution in [-0.4, -0.2) is 36.1 Å². The number of aromatic nitrogens is 2. The molecule has 0 aliphatic carbocycles. The molecule has 0 atom stereocenters. The van der Waals surface area contributed by atoms with Gasteiger partial charge in [0.2, 0.25) is 0 Å². The second-order valence-corrected chi connectivity index (χ2v) is 5.97. The van der Waals surface area contributed by atoms with Crippen LogP contribution in [-0.2, 0) is 0 Å². The zero-order valence-electron chi connectivity index (χ0n) is 12.0. The van der Waals surface area contributed by atoms with E-state index in [9.17, 15) is 0 Å². The van der Waals surface area contributed by atoms with E-state index >= 15 is 0 Å². The molecule has 21 heavy (non-hydrogen) atoms. The molecule has 2 aromatic rings. The molecule has 0 spiro atoms. The van der Waals surface area contributed by atoms with Gasteiger partial charge in [-0.1, -0.05) is 0 Å². The first-order valence-corrected chi connectivity index (χ1v) is 7.77. The molecule has 3 rings (SSSR count). The molecule has 2 N–H and O–H groups in total. The molecule has 1 saturated heterocycles. The Hall–Kier alpha value is -1.82. The fourth-order valence-electron chi connectivity index (χ4n) is 2.51. The third-order valence-corrected chi connectivity index (χ3v) is 4.76. The molecule has 1 fully saturated rings. The third-order valence-electron chi connectivity index (χ3n) is 3.78. The summed E-state index contributed by atoms with van der Waals surface area (Å²) in [4.78, 5) is 13.3. The van der Waals surface area contributed by atoms with E-state index in [0.29, 0.717) is 5.82 Å². The summed E-state index contributed by atoms with van der Waals surface area (Å²) in [6, 6.07) is 5.89. The van der Waals surface area contributed by atoms with Gasteiger partial charge in [-0.15, -0.1) is 0 Å². The number of hydrogen-bond donors (Lipinski definition) is 1. The third kappa shape index (κ3) is 2.95. The largest absolute Gasteiger partial charge is 0.384 e. The number of nitrogens with two attached hydrogens (primary N) is 1. The quantitative estimate of drug-likeness (QED) is 0.904. The minimum Gasteiger partial charge on any atom is -0.384 e. The Bertz CT molecular complexity index is 620. The molecule has 6 heteroatoms. The Morgan fingerprint density at radius 1 is 1.05 bits per heavy atom. The normalized spacial score (nSPS) is 15.3. The Labute approximate surface area is 132 Å². The van der Waals surface area contributed by atoms with E-state index in [0.717, 1.165) is 42.2 Å². The summed E-state index contributed by atoms with van der Waals surface area (Å²) in [5, 5.41) is 0. The number of nitrogens with zero attached hydrogens (tertiary/aromatic N) is 4. The highest BCUT2D eigenvalue weighted by atomic mass is 79.9. The molecule has 0 amide bonds. The monoisotopic (exact) mass is 347 g/mol. The van der Waals surface area contributed by atoms with E-state index in [4.69, 9.17) is 5.73 Å². The number of anilines is 3. The van der Waals surface area contributed by atoms with E-state index < -0.39 is 0 Å². The molecule has 0 unspecified atom stereocenters. The van der Waals surface area contributed by atoms with Crippen LogP contribution in [0.1, 0.15) is 5.56 Å². The predicted octanol–water partition coefficient (Wildman–Crippen LogP) is 2.46. The zero-order chi connectivity index (χ0) is 14.8. The van der Waals surface area contributed by atoms with Gasteiger partial charge in [0.1, 0.15) is 11.6 Å². The molecule has 1 aliphatic rings. The summed E-state index contributed by atoms with van der Waals surface area (Å²) < 4.78 is 1.09. The van der Waals surface area contributed by atoms with Crippen molar-refractivity contribution in [1.29, 1.82) is 0 Å². The van der Waals surface area contributed by atoms with Crippen LogP contribution in [0.25, 0.3) is 0 Å². The Morgan fingerprint density at radius 3 is 2.43 bits per heavy atom. The summed E-state index contributed by atoms with van der Waals surface area (Å²) in [6.45, 7) is 5.88. The fourth-order valence-corrected chi connectivity index (χ4v) is 2.99. The number of hydrogen-bond acceptors (Lipinski definition) is 5. The molecule has 0 bridgehead atoms. The second kappa shape index (κ2) is 5.89. The lowest BCUT2D eigenvalue weighted by atomic mass is 10.2. The van der Waals surface area contributed by atoms with Crippen molar-refractivity contribution in [1.82, 2.24) is 9.97 Å². The van der Waals surface area contributed by atoms with Gasteiger partial charge in [-0.3, -0.25) is 0 Å². The van der Waals surface area contributed by atoms with E-state index in [1.807, 2.05) is 30.6 Å². The first-order valence-electron chi connectivity index (χ1n) is 6.97. The Kier molecular flexibility index (Phi) is 3.96. The minimum absolute atomic E-state index is 0.560. The number of piperazine rings is 1. The lowest BCUT2D eigenvalue weighted by Crippen LogP contribution is -2.47. The molecule has 5 nitrogen and oxygen atoms in total. The van der Waals surface area contributed by atoms with Gasteiger partial charge in [0.15, 0.2) is 0 Å². The van der Waals surface area contributed by atoms with Gasteiger partial charge >= 0.3 is 0 Å². The number of pyridine rings is 2. The van der Waals surface area contributed by atoms with E-state index in [2.05, 4.69) is 42.6 Å². The molecule has 0 radical (unpaired) electrons. The van der Waals surface area contributed by atoms with Crippen molar-refractivity contribution in [2.24, 2.45) is 0 Å². The summed E-state index contributed by atoms with van der Waals surface area (Å²) >= 11 is 3.64. The summed E-state index contributed by atoms with van der Waals surface area (Å²) in [5.41, 5.74) is 7.97. The van der Waals surface area contributed by atoms with Crippen LogP contribution in [0, 0.1) is 6.92 Å². The van der Waals surface area contributed by atoms with E-state index in [1.165, 1.54) is 5.56 Å². The maximum absolute atomic E-state index is 5.63. The van der Waals surface area contributed by atoms with Crippen LogP contribution in [0.15, 0.2) is 35.1 Å². The van der Waals surface area contributed by atoms with Gasteiger partial charge in [0, 0.05) is 32.4 Å². The highest BCUT2D eigenvalue weighted by Gasteiger charge is 2.20. The van der Waals surface area contributed by atoms with Gasteiger partial charge in [-0.25, -0.2) is 9.97 Å². The summed E-state index contributed by atoms with van der Waals surface area (Å²) in [6.07, 6.45) is 3.71. The molecule has 3 heterocycles. The SMILES string of the molecule is Cc1ccnc(N2CCN(c3ccc(N)nc3)CC2)c1Br. The van der Waals surface area contributed by atoms with Crippen LogP contribution in [0.3, 0.4) is 0 Å². The Morgan fingerprint density at radius 2 is 1.76 bits per heavy atom. The molecular weight excluding hydrogens is 330 g/mol. The zero-order valence-corrected chi connectivity index (χ0v) is 13.5. The Balaban J connectivity index is 1.70. The van der Waals surface area contributed by atoms with Crippen LogP contribution in [0.5, 0.6) is 0 Å². The maximum atomic E-state index is 5.63. The second-order valence-electron chi connectivity index (χ2n) is 5.18. The number of nitrogen functional groups attached to an aromatic ring is 1. The van der Waals surface area contributed by atoms with Crippen LogP contribution >= 0.6 is 15.9 Å². The van der Waals surface area contributed by atoms with Gasteiger partial charge in [0.25, 0.3) is 0 Å². The lowest BCUT2D eigenvalue weighted by Gasteiger charge is -2.37. The van der Waals surface area contributed by atoms with E-state index in [1.54, 1.807) is 0 Å². The molecule has 0 saturated carbocycles. The number of rotatable bonds is 2. The van der Waals surface area contributed by atoms with Crippen molar-refractivity contribution in [2.45, 2.75) is 6.92 Å². The minimum atomic E-state index is 0.560. The van der Waals surface area contributed by atoms with Crippen molar-refractivity contribution in [3.63, 3.8) is 0 Å². The first kappa shape index (κ1) is 14.1. The molecule has 0 aromatic carbocycles. The van der Waals surface area contributed by atoms with Gasteiger partial charge in [-0.2, -0.15) is 0 Å². The highest BCUT2D eigenvalue weighted by molar-refractivity contribution is 9.10. The topological polar surface area (TPSA) is 58.3 Å². The van der Waals surface area contributed by atoms with Crippen molar-refractivity contribution in [2.75, 3.05) is 41.7 Å². The van der Waals surface area contributed by atoms with E-state index in [-0.39, 0.29) is 0 Å². The molecule has 2 aromatic heterocycles. The lowest BCUT2D eigenvalue weighted by molar-refractivity contribution is 0.645. The van der Waals surface area contributed by atoms with Gasteiger partial charge in [0.05, 0.1) is 16.4 Å². The van der Waals surface area contributed by atoms with Gasteiger partial charge < -0.3 is 15.5 Å². The van der Waals surface area contributed by atoms with Crippen molar-refractivity contribution >= 4 is 33.3 Å². The van der Waals surface area contributed by atoms with Crippen molar-refractivity contribution < 1.29 is 0 Å². The molecule has 1 aliphatic heterocycles. The standard InChI is InChI=1S/C15H18BrN5/c1-11-4-5-18-15(14(11)16)21-8-6-20(7-9-21)12-2-3-13(17)19-10-12/h2-5,10H,6-9H2,1H3,(H2,17,19). The molecule has 110 valence electrons. The average Bonchev–Trinajstić information content (AvgIpc) is 2.51. The van der Waals surface area contributed by atoms with Gasteiger partial charge in [-0.05, 0) is 46.6 Å². The highest BCUT2D eigenvalue weighted by Crippen LogP contribution is 2.28. The summed E-state index contributed by atoms with van der Waals surface area (Å²) in [5.74, 6) is 1.59. The summed E-state index contributed by atoms with van der Waals surface area (Å²) in [7, 11) is 0. The first-order chi connectivity index (χ1) is 10.1. The van der Waals surface area contributed by atoms with Crippen LogP contribution < -0.4 is 15.5 Å². The van der Waals surface area contributed by atoms with Crippen molar-refractivity contribution in [3.05, 3.63) is 40.6 Å². The van der Waals surface area contributed by atoms with Crippen molar-refractivity contribution in [3.8, 4) is 0 Å².